The van der Waals surface area contributed by atoms with Crippen molar-refractivity contribution in [1.29, 1.82) is 0 Å². The Morgan fingerprint density at radius 2 is 0.796 bits per heavy atom. The standard InChI is InChI=1S/C44H84N4O6/c1-3-5-7-9-11-13-15-17-19-21-23-25-27-29-31-33-41(49)45-37-39(38-46-44(53)40(48-54)35-36-43(51)52)47-42(50)34-32-30-28-26-24-22-20-18-16-14-12-10-8-6-4-2/h39-40H,3-38H2,1-2H3,(H,45,49)(H,46,53)(H,47,50)(H,51,52). The van der Waals surface area contributed by atoms with Gasteiger partial charge in [0.15, 0.2) is 6.04 Å². The number of nitrogens with one attached hydrogen (secondary N) is 3. The minimum Gasteiger partial charge on any atom is -0.481 e. The number of amides is 3. The van der Waals surface area contributed by atoms with Crippen molar-refractivity contribution in [2.45, 2.75) is 244 Å². The Morgan fingerprint density at radius 1 is 0.463 bits per heavy atom. The Bertz CT molecular complexity index is 918. The molecule has 316 valence electrons. The van der Waals surface area contributed by atoms with Gasteiger partial charge >= 0.3 is 5.97 Å². The number of rotatable bonds is 42. The molecule has 0 saturated carbocycles. The second kappa shape index (κ2) is 40.2. The van der Waals surface area contributed by atoms with Crippen molar-refractivity contribution in [3.8, 4) is 0 Å². The Labute approximate surface area is 330 Å². The summed E-state index contributed by atoms with van der Waals surface area (Å²) >= 11 is 0. The van der Waals surface area contributed by atoms with Crippen LogP contribution < -0.4 is 16.0 Å². The second-order valence-corrected chi connectivity index (χ2v) is 15.8. The van der Waals surface area contributed by atoms with E-state index in [0.717, 1.165) is 38.5 Å². The van der Waals surface area contributed by atoms with E-state index in [2.05, 4.69) is 35.0 Å². The predicted octanol–water partition coefficient (Wildman–Crippen LogP) is 11.2. The van der Waals surface area contributed by atoms with Crippen molar-refractivity contribution in [1.82, 2.24) is 16.0 Å². The average Bonchev–Trinajstić information content (AvgIpc) is 3.15. The molecule has 0 aromatic heterocycles. The van der Waals surface area contributed by atoms with Gasteiger partial charge in [-0.1, -0.05) is 199 Å². The smallest absolute Gasteiger partial charge is 0.303 e. The second-order valence-electron chi connectivity index (χ2n) is 15.8. The van der Waals surface area contributed by atoms with Crippen LogP contribution in [0.5, 0.6) is 0 Å². The van der Waals surface area contributed by atoms with Crippen LogP contribution in [0.2, 0.25) is 0 Å². The summed E-state index contributed by atoms with van der Waals surface area (Å²) < 4.78 is 0. The Hall–Kier alpha value is -2.52. The highest BCUT2D eigenvalue weighted by Gasteiger charge is 2.22. The van der Waals surface area contributed by atoms with Crippen LogP contribution in [-0.2, 0) is 19.2 Å². The van der Waals surface area contributed by atoms with Crippen molar-refractivity contribution < 1.29 is 24.3 Å². The van der Waals surface area contributed by atoms with Crippen LogP contribution in [-0.4, -0.2) is 54.0 Å². The molecule has 0 saturated heterocycles. The monoisotopic (exact) mass is 765 g/mol. The van der Waals surface area contributed by atoms with Crippen molar-refractivity contribution >= 4 is 23.7 Å². The molecule has 0 bridgehead atoms. The van der Waals surface area contributed by atoms with Gasteiger partial charge in [-0.25, -0.2) is 0 Å². The van der Waals surface area contributed by atoms with Crippen molar-refractivity contribution in [3.05, 3.63) is 4.91 Å². The van der Waals surface area contributed by atoms with Gasteiger partial charge in [0.1, 0.15) is 0 Å². The molecule has 2 atom stereocenters. The number of unbranched alkanes of at least 4 members (excludes halogenated alkanes) is 28. The number of carbonyl (C=O) groups is 4. The molecule has 0 aliphatic rings. The SMILES string of the molecule is CCCCCCCCCCCCCCCCCC(=O)NCC(CNC(=O)C(CCC(=O)O)N=O)NC(=O)CCCCCCCCCCCCCCCCC. The van der Waals surface area contributed by atoms with E-state index in [1.165, 1.54) is 154 Å². The predicted molar refractivity (Wildman–Crippen MR) is 223 cm³/mol. The molecule has 0 fully saturated rings. The Morgan fingerprint density at radius 3 is 1.15 bits per heavy atom. The highest BCUT2D eigenvalue weighted by Crippen LogP contribution is 2.15. The molecule has 54 heavy (non-hydrogen) atoms. The molecule has 0 aromatic rings. The van der Waals surface area contributed by atoms with E-state index in [0.29, 0.717) is 12.8 Å². The van der Waals surface area contributed by atoms with Gasteiger partial charge in [0.25, 0.3) is 0 Å². The zero-order valence-electron chi connectivity index (χ0n) is 35.0. The van der Waals surface area contributed by atoms with Gasteiger partial charge < -0.3 is 21.1 Å². The van der Waals surface area contributed by atoms with Crippen LogP contribution in [0, 0.1) is 4.91 Å². The van der Waals surface area contributed by atoms with E-state index in [1.54, 1.807) is 0 Å². The molecule has 10 heteroatoms. The zero-order chi connectivity index (χ0) is 39.7. The lowest BCUT2D eigenvalue weighted by Gasteiger charge is -2.21. The lowest BCUT2D eigenvalue weighted by molar-refractivity contribution is -0.137. The lowest BCUT2D eigenvalue weighted by atomic mass is 10.0. The molecule has 0 radical (unpaired) electrons. The first-order chi connectivity index (χ1) is 26.3. The van der Waals surface area contributed by atoms with Gasteiger partial charge in [-0.15, -0.1) is 4.91 Å². The van der Waals surface area contributed by atoms with E-state index in [-0.39, 0.29) is 37.7 Å². The summed E-state index contributed by atoms with van der Waals surface area (Å²) in [4.78, 5) is 60.0. The fraction of sp³-hybridized carbons (Fsp3) is 0.909. The number of hydrogen-bond donors (Lipinski definition) is 4. The number of carboxylic acids is 1. The number of nitroso groups, excluding NO2 is 1. The fourth-order valence-electron chi connectivity index (χ4n) is 6.95. The third-order valence-corrected chi connectivity index (χ3v) is 10.5. The molecule has 0 aliphatic heterocycles. The quantitative estimate of drug-likeness (QED) is 0.0358. The number of hydrogen-bond acceptors (Lipinski definition) is 6. The maximum Gasteiger partial charge on any atom is 0.303 e. The molecule has 10 nitrogen and oxygen atoms in total. The third-order valence-electron chi connectivity index (χ3n) is 10.5. The highest BCUT2D eigenvalue weighted by atomic mass is 16.4. The molecule has 4 N–H and O–H groups in total. The average molecular weight is 765 g/mol. The lowest BCUT2D eigenvalue weighted by Crippen LogP contribution is -2.51. The number of aliphatic carboxylic acids is 1. The van der Waals surface area contributed by atoms with Crippen LogP contribution in [0.4, 0.5) is 0 Å². The summed E-state index contributed by atoms with van der Waals surface area (Å²) in [6.45, 7) is 4.67. The summed E-state index contributed by atoms with van der Waals surface area (Å²) in [5.74, 6) is -2.03. The highest BCUT2D eigenvalue weighted by molar-refractivity contribution is 5.83. The summed E-state index contributed by atoms with van der Waals surface area (Å²) in [5, 5.41) is 20.1. The molecule has 0 aliphatic carbocycles. The Balaban J connectivity index is 4.31. The number of carboxylic acid groups (broad SMARTS) is 1. The molecule has 0 rings (SSSR count). The summed E-state index contributed by atoms with van der Waals surface area (Å²) in [6, 6.07) is -1.88. The van der Waals surface area contributed by atoms with Gasteiger partial charge in [0, 0.05) is 32.4 Å². The van der Waals surface area contributed by atoms with Crippen LogP contribution in [0.25, 0.3) is 0 Å². The van der Waals surface area contributed by atoms with Gasteiger partial charge in [-0.2, -0.15) is 0 Å². The van der Waals surface area contributed by atoms with E-state index in [9.17, 15) is 24.1 Å². The minimum absolute atomic E-state index is 0.00175. The molecular weight excluding hydrogens is 681 g/mol. The van der Waals surface area contributed by atoms with Crippen LogP contribution in [0.3, 0.4) is 0 Å². The maximum atomic E-state index is 12.8. The molecule has 0 aromatic carbocycles. The number of nitrogens with zero attached hydrogens (tertiary/aromatic N) is 1. The van der Waals surface area contributed by atoms with Crippen LogP contribution in [0.1, 0.15) is 232 Å². The van der Waals surface area contributed by atoms with Gasteiger partial charge in [-0.05, 0) is 19.3 Å². The molecule has 0 heterocycles. The summed E-state index contributed by atoms with van der Waals surface area (Å²) in [7, 11) is 0. The van der Waals surface area contributed by atoms with Gasteiger partial charge in [0.2, 0.25) is 17.7 Å². The first-order valence-corrected chi connectivity index (χ1v) is 22.7. The maximum absolute atomic E-state index is 12.8. The fourth-order valence-corrected chi connectivity index (χ4v) is 6.95. The van der Waals surface area contributed by atoms with Crippen LogP contribution in [0.15, 0.2) is 5.18 Å². The first-order valence-electron chi connectivity index (χ1n) is 22.7. The summed E-state index contributed by atoms with van der Waals surface area (Å²) in [5.41, 5.74) is 0. The third kappa shape index (κ3) is 36.5. The molecule has 2 unspecified atom stereocenters. The minimum atomic E-state index is -1.32. The summed E-state index contributed by atoms with van der Waals surface area (Å²) in [6.07, 6.45) is 38.0. The topological polar surface area (TPSA) is 154 Å². The molecule has 0 spiro atoms. The first kappa shape index (κ1) is 51.5. The van der Waals surface area contributed by atoms with Gasteiger partial charge in [-0.3, -0.25) is 19.2 Å². The number of carbonyl (C=O) groups excluding carboxylic acids is 3. The van der Waals surface area contributed by atoms with Crippen molar-refractivity contribution in [2.75, 3.05) is 13.1 Å². The van der Waals surface area contributed by atoms with Crippen molar-refractivity contribution in [3.63, 3.8) is 0 Å². The van der Waals surface area contributed by atoms with Crippen LogP contribution >= 0.6 is 0 Å². The van der Waals surface area contributed by atoms with E-state index in [1.807, 2.05) is 0 Å². The zero-order valence-corrected chi connectivity index (χ0v) is 35.0. The molecular formula is C44H84N4O6. The Kier molecular flexibility index (Phi) is 38.3. The van der Waals surface area contributed by atoms with E-state index < -0.39 is 24.0 Å². The molecule has 3 amide bonds. The van der Waals surface area contributed by atoms with Crippen molar-refractivity contribution in [2.24, 2.45) is 5.18 Å². The van der Waals surface area contributed by atoms with E-state index >= 15 is 0 Å². The largest absolute Gasteiger partial charge is 0.481 e. The normalized spacial score (nSPS) is 12.3. The van der Waals surface area contributed by atoms with E-state index in [4.69, 9.17) is 5.11 Å². The van der Waals surface area contributed by atoms with Gasteiger partial charge in [0.05, 0.1) is 6.04 Å².